The van der Waals surface area contributed by atoms with Gasteiger partial charge in [-0.05, 0) is 48.7 Å². The predicted octanol–water partition coefficient (Wildman–Crippen LogP) is 5.17. The molecule has 0 saturated heterocycles. The molecule has 6 nitrogen and oxygen atoms in total. The lowest BCUT2D eigenvalue weighted by atomic mass is 9.94. The molecule has 33 heavy (non-hydrogen) atoms. The molecule has 0 bridgehead atoms. The van der Waals surface area contributed by atoms with Gasteiger partial charge in [-0.15, -0.1) is 0 Å². The number of methoxy groups -OCH3 is 1. The Kier molecular flexibility index (Phi) is 7.20. The molecular weight excluding hydrogens is 432 g/mol. The first-order chi connectivity index (χ1) is 16.0. The smallest absolute Gasteiger partial charge is 0.258 e. The third-order valence-electron chi connectivity index (χ3n) is 6.11. The summed E-state index contributed by atoms with van der Waals surface area (Å²) in [6.45, 7) is 7.53. The van der Waals surface area contributed by atoms with E-state index >= 15 is 0 Å². The average Bonchev–Trinajstić information content (AvgIpc) is 3.33. The van der Waals surface area contributed by atoms with Gasteiger partial charge in [0.15, 0.2) is 5.11 Å². The van der Waals surface area contributed by atoms with Crippen molar-refractivity contribution < 1.29 is 9.26 Å². The molecule has 1 aliphatic rings. The minimum Gasteiger partial charge on any atom is -0.383 e. The number of rotatable bonds is 8. The molecule has 1 unspecified atom stereocenters. The van der Waals surface area contributed by atoms with E-state index in [1.54, 1.807) is 7.11 Å². The third kappa shape index (κ3) is 4.84. The quantitative estimate of drug-likeness (QED) is 0.463. The summed E-state index contributed by atoms with van der Waals surface area (Å²) in [5.74, 6) is 1.06. The summed E-state index contributed by atoms with van der Waals surface area (Å²) in [4.78, 5) is 6.82. The fourth-order valence-corrected chi connectivity index (χ4v) is 4.39. The summed E-state index contributed by atoms with van der Waals surface area (Å²) in [5, 5.41) is 8.44. The number of benzene rings is 2. The average molecular weight is 463 g/mol. The van der Waals surface area contributed by atoms with Gasteiger partial charge >= 0.3 is 0 Å². The van der Waals surface area contributed by atoms with E-state index in [0.717, 1.165) is 35.2 Å². The van der Waals surface area contributed by atoms with Crippen LogP contribution < -0.4 is 5.32 Å². The molecule has 4 rings (SSSR count). The number of aryl methyl sites for hydroxylation is 2. The topological polar surface area (TPSA) is 63.4 Å². The van der Waals surface area contributed by atoms with Gasteiger partial charge in [0.2, 0.25) is 5.82 Å². The number of nitrogens with zero attached hydrogens (tertiary/aromatic N) is 3. The fourth-order valence-electron chi connectivity index (χ4n) is 4.05. The number of allylic oxidation sites excluding steroid dienone is 1. The second-order valence-corrected chi connectivity index (χ2v) is 8.48. The van der Waals surface area contributed by atoms with Crippen molar-refractivity contribution in [2.75, 3.05) is 20.3 Å². The van der Waals surface area contributed by atoms with Crippen molar-refractivity contribution in [2.45, 2.75) is 39.7 Å². The summed E-state index contributed by atoms with van der Waals surface area (Å²) < 4.78 is 11.1. The van der Waals surface area contributed by atoms with Gasteiger partial charge < -0.3 is 19.5 Å². The van der Waals surface area contributed by atoms with E-state index in [-0.39, 0.29) is 6.04 Å². The molecule has 172 valence electrons. The zero-order valence-electron chi connectivity index (χ0n) is 19.6. The highest BCUT2D eigenvalue weighted by molar-refractivity contribution is 7.80. The molecule has 0 spiro atoms. The highest BCUT2D eigenvalue weighted by atomic mass is 32.1. The largest absolute Gasteiger partial charge is 0.383 e. The number of hydrogen-bond donors (Lipinski definition) is 1. The van der Waals surface area contributed by atoms with E-state index in [1.165, 1.54) is 11.1 Å². The molecular formula is C26H30N4O2S. The van der Waals surface area contributed by atoms with Gasteiger partial charge in [-0.3, -0.25) is 0 Å². The molecule has 1 N–H and O–H groups in total. The first-order valence-electron chi connectivity index (χ1n) is 11.4. The molecule has 1 atom stereocenters. The third-order valence-corrected chi connectivity index (χ3v) is 6.45. The lowest BCUT2D eigenvalue weighted by molar-refractivity contribution is 0.183. The first-order valence-corrected chi connectivity index (χ1v) is 11.8. The van der Waals surface area contributed by atoms with Crippen LogP contribution in [-0.2, 0) is 17.6 Å². The van der Waals surface area contributed by atoms with Crippen LogP contribution in [0.3, 0.4) is 0 Å². The van der Waals surface area contributed by atoms with Crippen molar-refractivity contribution in [2.24, 2.45) is 0 Å². The zero-order valence-corrected chi connectivity index (χ0v) is 20.4. The Labute approximate surface area is 200 Å². The number of ether oxygens (including phenoxy) is 1. The van der Waals surface area contributed by atoms with Crippen LogP contribution in [0.5, 0.6) is 0 Å². The van der Waals surface area contributed by atoms with E-state index < -0.39 is 0 Å². The van der Waals surface area contributed by atoms with Gasteiger partial charge in [-0.1, -0.05) is 67.5 Å². The Morgan fingerprint density at radius 3 is 2.27 bits per heavy atom. The van der Waals surface area contributed by atoms with Gasteiger partial charge in [0.25, 0.3) is 5.89 Å². The van der Waals surface area contributed by atoms with Crippen LogP contribution in [0.4, 0.5) is 0 Å². The fraction of sp³-hybridized carbons (Fsp3) is 0.346. The molecule has 1 aromatic heterocycles. The molecule has 1 aliphatic heterocycles. The lowest BCUT2D eigenvalue weighted by Gasteiger charge is -2.37. The van der Waals surface area contributed by atoms with E-state index in [4.69, 9.17) is 26.5 Å². The standard InChI is InChI=1S/C26H30N4O2S/c1-5-18-7-11-20(12-8-18)23-22(17(3)30(15-16-31-4)26(33)27-23)25-28-24(29-32-25)21-13-9-19(6-2)10-14-21/h7-14,23H,5-6,15-16H2,1-4H3,(H,27,33). The summed E-state index contributed by atoms with van der Waals surface area (Å²) >= 11 is 5.71. The van der Waals surface area contributed by atoms with Crippen LogP contribution in [0.15, 0.2) is 58.8 Å². The van der Waals surface area contributed by atoms with Crippen LogP contribution in [0.2, 0.25) is 0 Å². The van der Waals surface area contributed by atoms with Gasteiger partial charge in [-0.25, -0.2) is 0 Å². The Bertz CT molecular complexity index is 1140. The molecule has 0 radical (unpaired) electrons. The summed E-state index contributed by atoms with van der Waals surface area (Å²) in [6.07, 6.45) is 1.98. The second kappa shape index (κ2) is 10.3. The normalized spacial score (nSPS) is 16.3. The van der Waals surface area contributed by atoms with Crippen molar-refractivity contribution in [3.8, 4) is 11.4 Å². The first kappa shape index (κ1) is 23.1. The zero-order chi connectivity index (χ0) is 23.4. The van der Waals surface area contributed by atoms with Crippen molar-refractivity contribution >= 4 is 22.9 Å². The molecule has 7 heteroatoms. The van der Waals surface area contributed by atoms with Gasteiger partial charge in [0.1, 0.15) is 0 Å². The molecule has 0 amide bonds. The molecule has 0 fully saturated rings. The van der Waals surface area contributed by atoms with Crippen molar-refractivity contribution in [1.29, 1.82) is 0 Å². The Morgan fingerprint density at radius 1 is 1.03 bits per heavy atom. The van der Waals surface area contributed by atoms with Crippen molar-refractivity contribution in [1.82, 2.24) is 20.4 Å². The number of hydrogen-bond acceptors (Lipinski definition) is 5. The van der Waals surface area contributed by atoms with Crippen LogP contribution in [0.1, 0.15) is 49.4 Å². The summed E-state index contributed by atoms with van der Waals surface area (Å²) in [7, 11) is 1.69. The van der Waals surface area contributed by atoms with Crippen molar-refractivity contribution in [3.05, 3.63) is 76.8 Å². The molecule has 3 aromatic rings. The van der Waals surface area contributed by atoms with Crippen LogP contribution in [0, 0.1) is 0 Å². The Balaban J connectivity index is 1.76. The summed E-state index contributed by atoms with van der Waals surface area (Å²) in [5.41, 5.74) is 6.50. The molecule has 2 heterocycles. The Morgan fingerprint density at radius 2 is 1.67 bits per heavy atom. The van der Waals surface area contributed by atoms with Crippen molar-refractivity contribution in [3.63, 3.8) is 0 Å². The number of aromatic nitrogens is 2. The monoisotopic (exact) mass is 462 g/mol. The van der Waals surface area contributed by atoms with Crippen LogP contribution in [0.25, 0.3) is 17.0 Å². The van der Waals surface area contributed by atoms with Crippen LogP contribution in [-0.4, -0.2) is 40.4 Å². The van der Waals surface area contributed by atoms with Gasteiger partial charge in [0.05, 0.1) is 18.2 Å². The molecule has 2 aromatic carbocycles. The minimum atomic E-state index is -0.182. The lowest BCUT2D eigenvalue weighted by Crippen LogP contribution is -2.47. The predicted molar refractivity (Wildman–Crippen MR) is 135 cm³/mol. The maximum absolute atomic E-state index is 5.81. The molecule has 0 saturated carbocycles. The minimum absolute atomic E-state index is 0.182. The maximum Gasteiger partial charge on any atom is 0.258 e. The van der Waals surface area contributed by atoms with Gasteiger partial charge in [-0.2, -0.15) is 4.98 Å². The molecule has 0 aliphatic carbocycles. The number of nitrogens with one attached hydrogen (secondary N) is 1. The summed E-state index contributed by atoms with van der Waals surface area (Å²) in [6, 6.07) is 16.7. The van der Waals surface area contributed by atoms with E-state index in [2.05, 4.69) is 60.7 Å². The van der Waals surface area contributed by atoms with E-state index in [9.17, 15) is 0 Å². The van der Waals surface area contributed by atoms with Gasteiger partial charge in [0, 0.05) is 24.9 Å². The van der Waals surface area contributed by atoms with E-state index in [0.29, 0.717) is 30.0 Å². The van der Waals surface area contributed by atoms with E-state index in [1.807, 2.05) is 24.0 Å². The maximum atomic E-state index is 5.81. The van der Waals surface area contributed by atoms with Crippen LogP contribution >= 0.6 is 12.2 Å². The SMILES string of the molecule is CCc1ccc(-c2noc(C3=C(C)N(CCOC)C(=S)NC3c3ccc(CC)cc3)n2)cc1. The highest BCUT2D eigenvalue weighted by Gasteiger charge is 2.33. The highest BCUT2D eigenvalue weighted by Crippen LogP contribution is 2.37. The Hall–Kier alpha value is -3.03. The second-order valence-electron chi connectivity index (χ2n) is 8.09. The number of thiocarbonyl (C=S) groups is 1.